The molecule has 4 heteroatoms. The van der Waals surface area contributed by atoms with E-state index in [0.717, 1.165) is 18.4 Å². The predicted molar refractivity (Wildman–Crippen MR) is 60.9 cm³/mol. The summed E-state index contributed by atoms with van der Waals surface area (Å²) in [6, 6.07) is 0. The van der Waals surface area contributed by atoms with Crippen LogP contribution in [0.3, 0.4) is 0 Å². The highest BCUT2D eigenvalue weighted by Crippen LogP contribution is 2.48. The lowest BCUT2D eigenvalue weighted by molar-refractivity contribution is -0.256. The second-order valence-corrected chi connectivity index (χ2v) is 5.52. The molecule has 1 heterocycles. The highest BCUT2D eigenvalue weighted by molar-refractivity contribution is 6.02. The molecular formula is C13H18O4. The van der Waals surface area contributed by atoms with Gasteiger partial charge in [0.1, 0.15) is 0 Å². The molecule has 4 nitrogen and oxygen atoms in total. The molecule has 2 fully saturated rings. The Morgan fingerprint density at radius 2 is 1.76 bits per heavy atom. The fourth-order valence-corrected chi connectivity index (χ4v) is 2.60. The standard InChI is InChI=1S/C13H18O4/c1-8-5-6-9(2)13(7-8)10(14)16-12(3,4)17-11(13)15/h9H,1,5-7H2,2-4H3. The van der Waals surface area contributed by atoms with Crippen molar-refractivity contribution < 1.29 is 19.1 Å². The molecule has 1 aliphatic heterocycles. The molecule has 1 saturated carbocycles. The van der Waals surface area contributed by atoms with Crippen LogP contribution in [0.2, 0.25) is 0 Å². The first kappa shape index (κ1) is 12.1. The summed E-state index contributed by atoms with van der Waals surface area (Å²) in [5, 5.41) is 0. The van der Waals surface area contributed by atoms with E-state index >= 15 is 0 Å². The van der Waals surface area contributed by atoms with E-state index in [1.165, 1.54) is 0 Å². The van der Waals surface area contributed by atoms with Crippen LogP contribution in [0, 0.1) is 11.3 Å². The van der Waals surface area contributed by atoms with Gasteiger partial charge in [-0.3, -0.25) is 9.59 Å². The van der Waals surface area contributed by atoms with Crippen LogP contribution in [-0.2, 0) is 19.1 Å². The van der Waals surface area contributed by atoms with Crippen molar-refractivity contribution in [3.63, 3.8) is 0 Å². The first-order valence-corrected chi connectivity index (χ1v) is 5.91. The molecular weight excluding hydrogens is 220 g/mol. The van der Waals surface area contributed by atoms with Crippen molar-refractivity contribution >= 4 is 11.9 Å². The molecule has 1 unspecified atom stereocenters. The van der Waals surface area contributed by atoms with Gasteiger partial charge in [0.15, 0.2) is 5.41 Å². The predicted octanol–water partition coefficient (Wildman–Crippen LogP) is 2.19. The molecule has 0 amide bonds. The summed E-state index contributed by atoms with van der Waals surface area (Å²) in [5.41, 5.74) is -0.248. The third-order valence-electron chi connectivity index (χ3n) is 3.71. The van der Waals surface area contributed by atoms with Crippen molar-refractivity contribution in [1.82, 2.24) is 0 Å². The van der Waals surface area contributed by atoms with E-state index in [4.69, 9.17) is 9.47 Å². The Morgan fingerprint density at radius 1 is 1.24 bits per heavy atom. The van der Waals surface area contributed by atoms with Crippen LogP contribution in [0.1, 0.15) is 40.0 Å². The van der Waals surface area contributed by atoms with Gasteiger partial charge >= 0.3 is 11.9 Å². The number of hydrogen-bond donors (Lipinski definition) is 0. The van der Waals surface area contributed by atoms with Crippen molar-refractivity contribution in [2.45, 2.75) is 45.8 Å². The van der Waals surface area contributed by atoms with Gasteiger partial charge in [-0.15, -0.1) is 0 Å². The van der Waals surface area contributed by atoms with Crippen molar-refractivity contribution in [1.29, 1.82) is 0 Å². The number of carbonyl (C=O) groups is 2. The smallest absolute Gasteiger partial charge is 0.327 e. The van der Waals surface area contributed by atoms with E-state index in [-0.39, 0.29) is 5.92 Å². The highest BCUT2D eigenvalue weighted by Gasteiger charge is 2.60. The van der Waals surface area contributed by atoms with Crippen LogP contribution in [0.15, 0.2) is 12.2 Å². The number of rotatable bonds is 0. The molecule has 0 aromatic rings. The normalized spacial score (nSPS) is 31.0. The maximum atomic E-state index is 12.2. The molecule has 0 aromatic carbocycles. The van der Waals surface area contributed by atoms with Gasteiger partial charge in [-0.1, -0.05) is 19.1 Å². The van der Waals surface area contributed by atoms with Crippen molar-refractivity contribution in [3.05, 3.63) is 12.2 Å². The summed E-state index contributed by atoms with van der Waals surface area (Å²) in [7, 11) is 0. The molecule has 94 valence electrons. The SMILES string of the molecule is C=C1CCC(C)C2(C1)C(=O)OC(C)(C)OC2=O. The van der Waals surface area contributed by atoms with Crippen LogP contribution in [0.25, 0.3) is 0 Å². The van der Waals surface area contributed by atoms with E-state index < -0.39 is 23.1 Å². The number of hydrogen-bond acceptors (Lipinski definition) is 4. The van der Waals surface area contributed by atoms with Crippen LogP contribution in [-0.4, -0.2) is 17.7 Å². The third-order valence-corrected chi connectivity index (χ3v) is 3.71. The molecule has 1 aliphatic carbocycles. The van der Waals surface area contributed by atoms with Crippen LogP contribution >= 0.6 is 0 Å². The molecule has 0 aromatic heterocycles. The highest BCUT2D eigenvalue weighted by atomic mass is 16.7. The molecule has 17 heavy (non-hydrogen) atoms. The summed E-state index contributed by atoms with van der Waals surface area (Å²) < 4.78 is 10.5. The Kier molecular flexibility index (Phi) is 2.56. The van der Waals surface area contributed by atoms with E-state index in [9.17, 15) is 9.59 Å². The van der Waals surface area contributed by atoms with Gasteiger partial charge in [-0.25, -0.2) is 0 Å². The van der Waals surface area contributed by atoms with Gasteiger partial charge in [-0.05, 0) is 25.2 Å². The molecule has 2 rings (SSSR count). The minimum atomic E-state index is -1.16. The second kappa shape index (κ2) is 3.59. The molecule has 1 saturated heterocycles. The zero-order valence-corrected chi connectivity index (χ0v) is 10.5. The lowest BCUT2D eigenvalue weighted by Crippen LogP contribution is -2.57. The van der Waals surface area contributed by atoms with Crippen molar-refractivity contribution in [3.8, 4) is 0 Å². The Morgan fingerprint density at radius 3 is 2.29 bits per heavy atom. The first-order valence-electron chi connectivity index (χ1n) is 5.91. The summed E-state index contributed by atoms with van der Waals surface area (Å²) in [5.74, 6) is -2.15. The van der Waals surface area contributed by atoms with Crippen LogP contribution < -0.4 is 0 Å². The maximum Gasteiger partial charge on any atom is 0.327 e. The number of cyclic esters (lactones) is 2. The monoisotopic (exact) mass is 238 g/mol. The van der Waals surface area contributed by atoms with E-state index in [0.29, 0.717) is 6.42 Å². The average Bonchev–Trinajstić information content (AvgIpc) is 2.18. The van der Waals surface area contributed by atoms with Crippen molar-refractivity contribution in [2.75, 3.05) is 0 Å². The van der Waals surface area contributed by atoms with Crippen LogP contribution in [0.5, 0.6) is 0 Å². The van der Waals surface area contributed by atoms with Gasteiger partial charge in [0.25, 0.3) is 5.79 Å². The zero-order chi connectivity index (χ0) is 12.8. The summed E-state index contributed by atoms with van der Waals surface area (Å²) in [6.45, 7) is 8.92. The van der Waals surface area contributed by atoms with Crippen LogP contribution in [0.4, 0.5) is 0 Å². The Labute approximate surface area is 101 Å². The Bertz CT molecular complexity index is 374. The quantitative estimate of drug-likeness (QED) is 0.369. The zero-order valence-electron chi connectivity index (χ0n) is 10.5. The molecule has 1 spiro atoms. The third kappa shape index (κ3) is 1.75. The fraction of sp³-hybridized carbons (Fsp3) is 0.692. The molecule has 0 bridgehead atoms. The number of allylic oxidation sites excluding steroid dienone is 1. The second-order valence-electron chi connectivity index (χ2n) is 5.52. The fourth-order valence-electron chi connectivity index (χ4n) is 2.60. The Balaban J connectivity index is 2.38. The van der Waals surface area contributed by atoms with Crippen molar-refractivity contribution in [2.24, 2.45) is 11.3 Å². The summed E-state index contributed by atoms with van der Waals surface area (Å²) in [4.78, 5) is 24.4. The minimum Gasteiger partial charge on any atom is -0.422 e. The lowest BCUT2D eigenvalue weighted by atomic mass is 9.65. The number of carbonyl (C=O) groups excluding carboxylic acids is 2. The molecule has 0 radical (unpaired) electrons. The largest absolute Gasteiger partial charge is 0.422 e. The lowest BCUT2D eigenvalue weighted by Gasteiger charge is -2.45. The molecule has 2 aliphatic rings. The molecule has 0 N–H and O–H groups in total. The first-order chi connectivity index (χ1) is 7.78. The minimum absolute atomic E-state index is 0.0656. The van der Waals surface area contributed by atoms with Gasteiger partial charge < -0.3 is 9.47 Å². The Hall–Kier alpha value is -1.32. The van der Waals surface area contributed by atoms with Gasteiger partial charge in [0.05, 0.1) is 0 Å². The average molecular weight is 238 g/mol. The number of ether oxygens (including phenoxy) is 2. The van der Waals surface area contributed by atoms with Gasteiger partial charge in [0, 0.05) is 13.8 Å². The topological polar surface area (TPSA) is 52.6 Å². The van der Waals surface area contributed by atoms with E-state index in [2.05, 4.69) is 6.58 Å². The number of esters is 2. The molecule has 1 atom stereocenters. The van der Waals surface area contributed by atoms with E-state index in [1.54, 1.807) is 13.8 Å². The van der Waals surface area contributed by atoms with Gasteiger partial charge in [-0.2, -0.15) is 0 Å². The summed E-state index contributed by atoms with van der Waals surface area (Å²) >= 11 is 0. The maximum absolute atomic E-state index is 12.2. The summed E-state index contributed by atoms with van der Waals surface area (Å²) in [6.07, 6.45) is 1.97. The van der Waals surface area contributed by atoms with E-state index in [1.807, 2.05) is 6.92 Å². The van der Waals surface area contributed by atoms with Gasteiger partial charge in [0.2, 0.25) is 0 Å².